The summed E-state index contributed by atoms with van der Waals surface area (Å²) >= 11 is 6.22. The molecule has 0 heterocycles. The van der Waals surface area contributed by atoms with Crippen molar-refractivity contribution in [2.45, 2.75) is 39.5 Å². The van der Waals surface area contributed by atoms with Crippen LogP contribution in [-0.4, -0.2) is 13.1 Å². The highest BCUT2D eigenvalue weighted by atomic mass is 35.5. The van der Waals surface area contributed by atoms with Crippen LogP contribution in [0.5, 0.6) is 0 Å². The molecule has 96 valence electrons. The molecular weight excluding hydrogens is 230 g/mol. The van der Waals surface area contributed by atoms with E-state index in [1.54, 1.807) is 0 Å². The molecule has 1 rings (SSSR count). The Kier molecular flexibility index (Phi) is 7.30. The third-order valence-corrected chi connectivity index (χ3v) is 3.48. The molecule has 0 saturated carbocycles. The molecule has 0 aliphatic carbocycles. The van der Waals surface area contributed by atoms with Gasteiger partial charge >= 0.3 is 0 Å². The molecular formula is C15H24ClN. The van der Waals surface area contributed by atoms with Crippen molar-refractivity contribution in [2.24, 2.45) is 5.92 Å². The quantitative estimate of drug-likeness (QED) is 0.729. The second kappa shape index (κ2) is 8.54. The van der Waals surface area contributed by atoms with Gasteiger partial charge in [-0.15, -0.1) is 0 Å². The summed E-state index contributed by atoms with van der Waals surface area (Å²) < 4.78 is 0. The fraction of sp³-hybridized carbons (Fsp3) is 0.600. The number of rotatable bonds is 8. The van der Waals surface area contributed by atoms with Gasteiger partial charge in [-0.3, -0.25) is 0 Å². The highest BCUT2D eigenvalue weighted by Crippen LogP contribution is 2.21. The molecule has 0 aromatic heterocycles. The summed E-state index contributed by atoms with van der Waals surface area (Å²) in [5.41, 5.74) is 1.29. The number of benzene rings is 1. The summed E-state index contributed by atoms with van der Waals surface area (Å²) in [4.78, 5) is 0. The molecule has 1 nitrogen and oxygen atoms in total. The smallest absolute Gasteiger partial charge is 0.0438 e. The molecule has 0 saturated heterocycles. The SMILES string of the molecule is CCCCC(CNCC)Cc1ccccc1Cl. The van der Waals surface area contributed by atoms with Crippen molar-refractivity contribution in [2.75, 3.05) is 13.1 Å². The van der Waals surface area contributed by atoms with Crippen molar-refractivity contribution >= 4 is 11.6 Å². The summed E-state index contributed by atoms with van der Waals surface area (Å²) in [6.45, 7) is 6.55. The lowest BCUT2D eigenvalue weighted by Gasteiger charge is -2.17. The van der Waals surface area contributed by atoms with Gasteiger partial charge in [0.25, 0.3) is 0 Å². The molecule has 1 aromatic rings. The lowest BCUT2D eigenvalue weighted by Crippen LogP contribution is -2.24. The number of halogens is 1. The molecule has 0 radical (unpaired) electrons. The topological polar surface area (TPSA) is 12.0 Å². The van der Waals surface area contributed by atoms with Crippen LogP contribution in [0.15, 0.2) is 24.3 Å². The first-order valence-electron chi connectivity index (χ1n) is 6.72. The van der Waals surface area contributed by atoms with Gasteiger partial charge in [0.15, 0.2) is 0 Å². The van der Waals surface area contributed by atoms with Gasteiger partial charge in [0.1, 0.15) is 0 Å². The van der Waals surface area contributed by atoms with E-state index in [1.165, 1.54) is 24.8 Å². The average Bonchev–Trinajstić information content (AvgIpc) is 2.35. The maximum Gasteiger partial charge on any atom is 0.0438 e. The van der Waals surface area contributed by atoms with Crippen molar-refractivity contribution in [1.82, 2.24) is 5.32 Å². The van der Waals surface area contributed by atoms with Crippen LogP contribution in [0.1, 0.15) is 38.7 Å². The molecule has 0 bridgehead atoms. The number of unbranched alkanes of at least 4 members (excludes halogenated alkanes) is 1. The largest absolute Gasteiger partial charge is 0.317 e. The number of nitrogens with one attached hydrogen (secondary N) is 1. The Balaban J connectivity index is 2.55. The van der Waals surface area contributed by atoms with Crippen LogP contribution in [0, 0.1) is 5.92 Å². The van der Waals surface area contributed by atoms with Gasteiger partial charge in [-0.05, 0) is 43.5 Å². The van der Waals surface area contributed by atoms with Gasteiger partial charge in [-0.2, -0.15) is 0 Å². The van der Waals surface area contributed by atoms with E-state index in [2.05, 4.69) is 31.3 Å². The van der Waals surface area contributed by atoms with Crippen LogP contribution in [0.2, 0.25) is 5.02 Å². The van der Waals surface area contributed by atoms with Gasteiger partial charge < -0.3 is 5.32 Å². The average molecular weight is 254 g/mol. The first-order chi connectivity index (χ1) is 8.27. The highest BCUT2D eigenvalue weighted by Gasteiger charge is 2.10. The van der Waals surface area contributed by atoms with Crippen LogP contribution in [0.3, 0.4) is 0 Å². The second-order valence-corrected chi connectivity index (χ2v) is 5.02. The molecule has 0 amide bonds. The van der Waals surface area contributed by atoms with Crippen molar-refractivity contribution in [1.29, 1.82) is 0 Å². The first kappa shape index (κ1) is 14.5. The summed E-state index contributed by atoms with van der Waals surface area (Å²) in [6, 6.07) is 8.21. The lowest BCUT2D eigenvalue weighted by atomic mass is 9.94. The summed E-state index contributed by atoms with van der Waals surface area (Å²) in [6.07, 6.45) is 4.95. The molecule has 0 spiro atoms. The van der Waals surface area contributed by atoms with Crippen LogP contribution in [-0.2, 0) is 6.42 Å². The normalized spacial score (nSPS) is 12.6. The van der Waals surface area contributed by atoms with E-state index in [0.717, 1.165) is 24.5 Å². The Morgan fingerprint density at radius 2 is 2.00 bits per heavy atom. The lowest BCUT2D eigenvalue weighted by molar-refractivity contribution is 0.434. The Morgan fingerprint density at radius 3 is 2.65 bits per heavy atom. The van der Waals surface area contributed by atoms with Gasteiger partial charge in [0.2, 0.25) is 0 Å². The third-order valence-electron chi connectivity index (χ3n) is 3.12. The fourth-order valence-corrected chi connectivity index (χ4v) is 2.31. The van der Waals surface area contributed by atoms with Gasteiger partial charge in [0, 0.05) is 5.02 Å². The standard InChI is InChI=1S/C15H24ClN/c1-3-5-8-13(12-17-4-2)11-14-9-6-7-10-15(14)16/h6-7,9-10,13,17H,3-5,8,11-12H2,1-2H3. The van der Waals surface area contributed by atoms with E-state index in [1.807, 2.05) is 12.1 Å². The van der Waals surface area contributed by atoms with Crippen LogP contribution < -0.4 is 5.32 Å². The summed E-state index contributed by atoms with van der Waals surface area (Å²) in [5.74, 6) is 0.704. The van der Waals surface area contributed by atoms with Crippen LogP contribution in [0.4, 0.5) is 0 Å². The van der Waals surface area contributed by atoms with E-state index in [-0.39, 0.29) is 0 Å². The van der Waals surface area contributed by atoms with Crippen molar-refractivity contribution in [3.63, 3.8) is 0 Å². The fourth-order valence-electron chi connectivity index (χ4n) is 2.09. The Hall–Kier alpha value is -0.530. The third kappa shape index (κ3) is 5.56. The molecule has 1 aromatic carbocycles. The van der Waals surface area contributed by atoms with E-state index < -0.39 is 0 Å². The van der Waals surface area contributed by atoms with E-state index in [9.17, 15) is 0 Å². The molecule has 0 fully saturated rings. The summed E-state index contributed by atoms with van der Waals surface area (Å²) in [5, 5.41) is 4.36. The van der Waals surface area contributed by atoms with Gasteiger partial charge in [-0.1, -0.05) is 56.5 Å². The Morgan fingerprint density at radius 1 is 1.24 bits per heavy atom. The second-order valence-electron chi connectivity index (χ2n) is 4.61. The zero-order valence-corrected chi connectivity index (χ0v) is 11.8. The van der Waals surface area contributed by atoms with Gasteiger partial charge in [0.05, 0.1) is 0 Å². The molecule has 0 aliphatic heterocycles. The molecule has 1 unspecified atom stereocenters. The van der Waals surface area contributed by atoms with Crippen molar-refractivity contribution in [3.8, 4) is 0 Å². The van der Waals surface area contributed by atoms with Crippen LogP contribution >= 0.6 is 11.6 Å². The highest BCUT2D eigenvalue weighted by molar-refractivity contribution is 6.31. The molecule has 1 N–H and O–H groups in total. The number of hydrogen-bond donors (Lipinski definition) is 1. The van der Waals surface area contributed by atoms with Crippen LogP contribution in [0.25, 0.3) is 0 Å². The number of hydrogen-bond acceptors (Lipinski definition) is 1. The van der Waals surface area contributed by atoms with E-state index in [4.69, 9.17) is 11.6 Å². The minimum absolute atomic E-state index is 0.704. The first-order valence-corrected chi connectivity index (χ1v) is 7.09. The van der Waals surface area contributed by atoms with E-state index in [0.29, 0.717) is 5.92 Å². The summed E-state index contributed by atoms with van der Waals surface area (Å²) in [7, 11) is 0. The predicted octanol–water partition coefficient (Wildman–Crippen LogP) is 4.30. The predicted molar refractivity (Wildman–Crippen MR) is 76.7 cm³/mol. The van der Waals surface area contributed by atoms with Crippen molar-refractivity contribution in [3.05, 3.63) is 34.9 Å². The monoisotopic (exact) mass is 253 g/mol. The van der Waals surface area contributed by atoms with Gasteiger partial charge in [-0.25, -0.2) is 0 Å². The Bertz CT molecular complexity index is 304. The molecule has 1 atom stereocenters. The van der Waals surface area contributed by atoms with E-state index >= 15 is 0 Å². The molecule has 2 heteroatoms. The zero-order chi connectivity index (χ0) is 12.5. The minimum Gasteiger partial charge on any atom is -0.317 e. The minimum atomic E-state index is 0.704. The maximum atomic E-state index is 6.22. The molecule has 17 heavy (non-hydrogen) atoms. The molecule has 0 aliphatic rings. The Labute approximate surface area is 111 Å². The zero-order valence-electron chi connectivity index (χ0n) is 11.0. The maximum absolute atomic E-state index is 6.22. The van der Waals surface area contributed by atoms with Crippen molar-refractivity contribution < 1.29 is 0 Å².